The van der Waals surface area contributed by atoms with Crippen molar-refractivity contribution in [2.45, 2.75) is 11.3 Å². The van der Waals surface area contributed by atoms with Gasteiger partial charge in [-0.1, -0.05) is 12.1 Å². The summed E-state index contributed by atoms with van der Waals surface area (Å²) in [4.78, 5) is 14.2. The number of rotatable bonds is 4. The minimum absolute atomic E-state index is 0.0945. The molecule has 0 saturated heterocycles. The Kier molecular flexibility index (Phi) is 3.75. The average Bonchev–Trinajstić information content (AvgIpc) is 2.94. The van der Waals surface area contributed by atoms with Crippen LogP contribution in [0.1, 0.15) is 5.82 Å². The zero-order chi connectivity index (χ0) is 17.3. The van der Waals surface area contributed by atoms with Crippen molar-refractivity contribution < 1.29 is 13.3 Å². The molecule has 0 fully saturated rings. The third kappa shape index (κ3) is 2.49. The third-order valence-electron chi connectivity index (χ3n) is 3.41. The molecule has 0 N–H and O–H groups in total. The highest BCUT2D eigenvalue weighted by Gasteiger charge is 2.24. The maximum Gasteiger partial charge on any atom is 0.269 e. The van der Waals surface area contributed by atoms with E-state index in [1.54, 1.807) is 24.3 Å². The number of fused-ring (bicyclic) bond motifs is 1. The molecule has 0 atom stereocenters. The van der Waals surface area contributed by atoms with Crippen LogP contribution < -0.4 is 0 Å². The quantitative estimate of drug-likeness (QED) is 0.530. The van der Waals surface area contributed by atoms with Gasteiger partial charge in [0.15, 0.2) is 0 Å². The zero-order valence-corrected chi connectivity index (χ0v) is 13.0. The number of imidazole rings is 1. The molecule has 3 aromatic rings. The highest BCUT2D eigenvalue weighted by atomic mass is 32.2. The van der Waals surface area contributed by atoms with Crippen LogP contribution in [0.3, 0.4) is 0 Å². The van der Waals surface area contributed by atoms with Crippen LogP contribution in [-0.4, -0.2) is 22.3 Å². The molecule has 1 heterocycles. The van der Waals surface area contributed by atoms with E-state index < -0.39 is 14.9 Å². The minimum atomic E-state index is -4.04. The van der Waals surface area contributed by atoms with Crippen LogP contribution in [-0.2, 0) is 16.4 Å². The number of nitro groups is 1. The molecule has 0 amide bonds. The first kappa shape index (κ1) is 15.6. The lowest BCUT2D eigenvalue weighted by atomic mass is 10.3. The number of benzene rings is 2. The fourth-order valence-corrected chi connectivity index (χ4v) is 3.84. The summed E-state index contributed by atoms with van der Waals surface area (Å²) < 4.78 is 26.9. The standard InChI is InChI=1S/C15H10N4O4S/c16-10-9-15-17-13-3-1-2-4-14(13)18(15)24(22,23)12-7-5-11(6-8-12)19(20)21/h1-8H,9H2. The van der Waals surface area contributed by atoms with Gasteiger partial charge < -0.3 is 0 Å². The van der Waals surface area contributed by atoms with Gasteiger partial charge >= 0.3 is 0 Å². The first-order valence-corrected chi connectivity index (χ1v) is 8.22. The maximum absolute atomic E-state index is 12.9. The Hall–Kier alpha value is -3.25. The Morgan fingerprint density at radius 1 is 1.17 bits per heavy atom. The van der Waals surface area contributed by atoms with Gasteiger partial charge in [0.25, 0.3) is 15.7 Å². The molecule has 0 aliphatic heterocycles. The second-order valence-electron chi connectivity index (χ2n) is 4.87. The van der Waals surface area contributed by atoms with E-state index in [1.807, 2.05) is 6.07 Å². The first-order valence-electron chi connectivity index (χ1n) is 6.78. The van der Waals surface area contributed by atoms with Crippen LogP contribution in [0.5, 0.6) is 0 Å². The summed E-state index contributed by atoms with van der Waals surface area (Å²) in [6.45, 7) is 0. The molecule has 0 bridgehead atoms. The molecule has 0 spiro atoms. The predicted octanol–water partition coefficient (Wildman–Crippen LogP) is 2.25. The van der Waals surface area contributed by atoms with Gasteiger partial charge in [0.2, 0.25) is 0 Å². The second-order valence-corrected chi connectivity index (χ2v) is 6.66. The number of para-hydroxylation sites is 2. The number of nitriles is 1. The van der Waals surface area contributed by atoms with Crippen LogP contribution in [0, 0.1) is 21.4 Å². The van der Waals surface area contributed by atoms with Crippen LogP contribution in [0.2, 0.25) is 0 Å². The lowest BCUT2D eigenvalue weighted by Crippen LogP contribution is -2.16. The number of non-ortho nitro benzene ring substituents is 1. The predicted molar refractivity (Wildman–Crippen MR) is 84.7 cm³/mol. The molecule has 0 saturated carbocycles. The fraction of sp³-hybridized carbons (Fsp3) is 0.0667. The van der Waals surface area contributed by atoms with Gasteiger partial charge in [-0.2, -0.15) is 5.26 Å². The van der Waals surface area contributed by atoms with Crippen molar-refractivity contribution in [3.63, 3.8) is 0 Å². The Labute approximate surface area is 136 Å². The lowest BCUT2D eigenvalue weighted by Gasteiger charge is -2.09. The lowest BCUT2D eigenvalue weighted by molar-refractivity contribution is -0.384. The van der Waals surface area contributed by atoms with Crippen molar-refractivity contribution in [1.82, 2.24) is 8.96 Å². The monoisotopic (exact) mass is 342 g/mol. The summed E-state index contributed by atoms with van der Waals surface area (Å²) in [6, 6.07) is 13.1. The summed E-state index contributed by atoms with van der Waals surface area (Å²) >= 11 is 0. The Balaban J connectivity index is 2.23. The Morgan fingerprint density at radius 3 is 2.46 bits per heavy atom. The number of nitrogens with zero attached hydrogens (tertiary/aromatic N) is 4. The van der Waals surface area contributed by atoms with Gasteiger partial charge in [-0.05, 0) is 24.3 Å². The highest BCUT2D eigenvalue weighted by Crippen LogP contribution is 2.24. The van der Waals surface area contributed by atoms with E-state index in [1.165, 1.54) is 12.1 Å². The summed E-state index contributed by atoms with van der Waals surface area (Å²) in [6.07, 6.45) is -0.180. The van der Waals surface area contributed by atoms with Crippen molar-refractivity contribution in [3.05, 3.63) is 64.5 Å². The van der Waals surface area contributed by atoms with Gasteiger partial charge in [-0.25, -0.2) is 17.4 Å². The van der Waals surface area contributed by atoms with Crippen LogP contribution in [0.15, 0.2) is 53.4 Å². The van der Waals surface area contributed by atoms with E-state index in [0.29, 0.717) is 11.0 Å². The minimum Gasteiger partial charge on any atom is -0.258 e. The van der Waals surface area contributed by atoms with E-state index in [-0.39, 0.29) is 22.8 Å². The van der Waals surface area contributed by atoms with Gasteiger partial charge in [0.1, 0.15) is 5.82 Å². The Bertz CT molecular complexity index is 1080. The van der Waals surface area contributed by atoms with E-state index in [2.05, 4.69) is 4.98 Å². The van der Waals surface area contributed by atoms with E-state index in [4.69, 9.17) is 5.26 Å². The second kappa shape index (κ2) is 5.75. The fourth-order valence-electron chi connectivity index (χ4n) is 2.35. The molecule has 120 valence electrons. The van der Waals surface area contributed by atoms with Crippen molar-refractivity contribution in [3.8, 4) is 6.07 Å². The van der Waals surface area contributed by atoms with Gasteiger partial charge in [0, 0.05) is 12.1 Å². The number of nitro benzene ring substituents is 1. The first-order chi connectivity index (χ1) is 11.4. The molecule has 0 unspecified atom stereocenters. The topological polar surface area (TPSA) is 119 Å². The van der Waals surface area contributed by atoms with E-state index >= 15 is 0 Å². The highest BCUT2D eigenvalue weighted by molar-refractivity contribution is 7.90. The van der Waals surface area contributed by atoms with Gasteiger partial charge in [-0.3, -0.25) is 10.1 Å². The van der Waals surface area contributed by atoms with Gasteiger partial charge in [-0.15, -0.1) is 0 Å². The number of aromatic nitrogens is 2. The van der Waals surface area contributed by atoms with Crippen molar-refractivity contribution in [1.29, 1.82) is 5.26 Å². The number of hydrogen-bond acceptors (Lipinski definition) is 6. The summed E-state index contributed by atoms with van der Waals surface area (Å²) in [7, 11) is -4.04. The molecule has 0 radical (unpaired) electrons. The summed E-state index contributed by atoms with van der Waals surface area (Å²) in [5, 5.41) is 19.6. The molecular formula is C15H10N4O4S. The van der Waals surface area contributed by atoms with E-state index in [0.717, 1.165) is 16.1 Å². The van der Waals surface area contributed by atoms with Crippen molar-refractivity contribution in [2.75, 3.05) is 0 Å². The van der Waals surface area contributed by atoms with Gasteiger partial charge in [0.05, 0.1) is 33.3 Å². The van der Waals surface area contributed by atoms with Crippen LogP contribution in [0.4, 0.5) is 5.69 Å². The molecule has 0 aliphatic carbocycles. The van der Waals surface area contributed by atoms with E-state index in [9.17, 15) is 18.5 Å². The van der Waals surface area contributed by atoms with Crippen molar-refractivity contribution in [2.24, 2.45) is 0 Å². The van der Waals surface area contributed by atoms with Crippen molar-refractivity contribution >= 4 is 26.7 Å². The van der Waals surface area contributed by atoms with Crippen LogP contribution >= 0.6 is 0 Å². The van der Waals surface area contributed by atoms with Crippen LogP contribution in [0.25, 0.3) is 11.0 Å². The zero-order valence-electron chi connectivity index (χ0n) is 12.2. The molecule has 8 nitrogen and oxygen atoms in total. The molecule has 9 heteroatoms. The smallest absolute Gasteiger partial charge is 0.258 e. The average molecular weight is 342 g/mol. The Morgan fingerprint density at radius 2 is 1.83 bits per heavy atom. The normalized spacial score (nSPS) is 11.3. The largest absolute Gasteiger partial charge is 0.269 e. The molecule has 24 heavy (non-hydrogen) atoms. The molecule has 3 rings (SSSR count). The third-order valence-corrected chi connectivity index (χ3v) is 5.16. The SMILES string of the molecule is N#CCc1nc2ccccc2n1S(=O)(=O)c1ccc([N+](=O)[O-])cc1. The molecule has 0 aliphatic rings. The molecule has 2 aromatic carbocycles. The summed E-state index contributed by atoms with van der Waals surface area (Å²) in [5.41, 5.74) is 0.594. The number of hydrogen-bond donors (Lipinski definition) is 0. The molecular weight excluding hydrogens is 332 g/mol. The maximum atomic E-state index is 12.9. The molecule has 1 aromatic heterocycles. The summed E-state index contributed by atoms with van der Waals surface area (Å²) in [5.74, 6) is 0.0945.